The van der Waals surface area contributed by atoms with Crippen molar-refractivity contribution in [1.29, 1.82) is 0 Å². The molecule has 0 aliphatic carbocycles. The maximum Gasteiger partial charge on any atom is 0.472 e. The Hall–Kier alpha value is -1.94. The lowest BCUT2D eigenvalue weighted by Crippen LogP contribution is -2.30. The standard InChI is InChI=1S/C77H150O17P2/c1-9-70(8)56-48-40-32-26-28-36-44-52-60-77(82)94-73(63-87-74(79)57-49-41-33-23-19-17-15-13-11-10-12-14-16-18-21-29-37-45-53-67(2)3)66-92-96(85,86)90-62-71(78)61-89-95(83,84)91-65-72(64-88-75(80)58-50-42-34-27-25-31-39-47-55-69(6)7)93-76(81)59-51-43-35-24-20-22-30-38-46-54-68(4)5/h67-73,78H,9-66H2,1-8H3,(H,83,84)(H,85,86)/t70?,71?,72-,73-/m1/s1. The molecule has 0 amide bonds. The predicted molar refractivity (Wildman–Crippen MR) is 391 cm³/mol. The van der Waals surface area contributed by atoms with Crippen molar-refractivity contribution >= 4 is 39.5 Å². The van der Waals surface area contributed by atoms with E-state index < -0.39 is 97.5 Å². The Bertz CT molecular complexity index is 1890. The summed E-state index contributed by atoms with van der Waals surface area (Å²) in [5.74, 6) is 0.932. The summed E-state index contributed by atoms with van der Waals surface area (Å²) in [6, 6.07) is 0. The zero-order chi connectivity index (χ0) is 71.0. The van der Waals surface area contributed by atoms with Crippen LogP contribution in [0.25, 0.3) is 0 Å². The molecule has 17 nitrogen and oxygen atoms in total. The van der Waals surface area contributed by atoms with Crippen molar-refractivity contribution in [1.82, 2.24) is 0 Å². The molecule has 0 bridgehead atoms. The lowest BCUT2D eigenvalue weighted by Gasteiger charge is -2.21. The molecule has 3 N–H and O–H groups in total. The summed E-state index contributed by atoms with van der Waals surface area (Å²) < 4.78 is 68.5. The molecule has 0 aliphatic rings. The monoisotopic (exact) mass is 1410 g/mol. The Morgan fingerprint density at radius 3 is 0.740 bits per heavy atom. The van der Waals surface area contributed by atoms with Crippen LogP contribution in [0.4, 0.5) is 0 Å². The van der Waals surface area contributed by atoms with Crippen molar-refractivity contribution in [2.24, 2.45) is 23.7 Å². The van der Waals surface area contributed by atoms with Crippen LogP contribution in [0.1, 0.15) is 389 Å². The molecule has 6 atom stereocenters. The van der Waals surface area contributed by atoms with Crippen LogP contribution in [0.15, 0.2) is 0 Å². The van der Waals surface area contributed by atoms with E-state index in [0.717, 1.165) is 114 Å². The highest BCUT2D eigenvalue weighted by Crippen LogP contribution is 2.45. The topological polar surface area (TPSA) is 237 Å². The van der Waals surface area contributed by atoms with Crippen molar-refractivity contribution < 1.29 is 80.2 Å². The van der Waals surface area contributed by atoms with Gasteiger partial charge in [-0.05, 0) is 49.4 Å². The number of phosphoric ester groups is 2. The minimum absolute atomic E-state index is 0.104. The van der Waals surface area contributed by atoms with Gasteiger partial charge in [0.05, 0.1) is 26.4 Å². The van der Waals surface area contributed by atoms with E-state index >= 15 is 0 Å². The van der Waals surface area contributed by atoms with E-state index in [0.29, 0.717) is 25.7 Å². The van der Waals surface area contributed by atoms with Gasteiger partial charge >= 0.3 is 39.5 Å². The molecule has 0 aromatic rings. The zero-order valence-corrected chi connectivity index (χ0v) is 64.8. The molecule has 570 valence electrons. The SMILES string of the molecule is CCC(C)CCCCCCCCCCC(=O)O[C@H](COC(=O)CCCCCCCCCCCCCCCCCCCCC(C)C)COP(=O)(O)OCC(O)COP(=O)(O)OC[C@@H](COC(=O)CCCCCCCCCCC(C)C)OC(=O)CCCCCCCCCCCC(C)C. The molecule has 0 aromatic carbocycles. The third kappa shape index (κ3) is 69.2. The van der Waals surface area contributed by atoms with Crippen LogP contribution in [0, 0.1) is 23.7 Å². The fraction of sp³-hybridized carbons (Fsp3) is 0.948. The number of phosphoric acid groups is 2. The Morgan fingerprint density at radius 2 is 0.500 bits per heavy atom. The lowest BCUT2D eigenvalue weighted by molar-refractivity contribution is -0.161. The molecule has 0 aromatic heterocycles. The van der Waals surface area contributed by atoms with Crippen LogP contribution in [-0.2, 0) is 65.4 Å². The molecule has 96 heavy (non-hydrogen) atoms. The van der Waals surface area contributed by atoms with Crippen molar-refractivity contribution in [3.63, 3.8) is 0 Å². The number of carbonyl (C=O) groups is 4. The second-order valence-electron chi connectivity index (χ2n) is 29.4. The number of ether oxygens (including phenoxy) is 4. The van der Waals surface area contributed by atoms with Crippen LogP contribution in [0.5, 0.6) is 0 Å². The first kappa shape index (κ1) is 94.1. The van der Waals surface area contributed by atoms with Crippen LogP contribution in [0.3, 0.4) is 0 Å². The molecule has 19 heteroatoms. The van der Waals surface area contributed by atoms with E-state index in [-0.39, 0.29) is 25.7 Å². The lowest BCUT2D eigenvalue weighted by atomic mass is 9.99. The highest BCUT2D eigenvalue weighted by Gasteiger charge is 2.30. The van der Waals surface area contributed by atoms with E-state index in [1.165, 1.54) is 193 Å². The molecular weight excluding hydrogens is 1260 g/mol. The quantitative estimate of drug-likeness (QED) is 0.0222. The summed E-state index contributed by atoms with van der Waals surface area (Å²) in [6.07, 6.45) is 51.5. The highest BCUT2D eigenvalue weighted by molar-refractivity contribution is 7.47. The molecule has 0 radical (unpaired) electrons. The Labute approximate surface area is 588 Å². The number of hydrogen-bond acceptors (Lipinski definition) is 15. The van der Waals surface area contributed by atoms with Crippen molar-refractivity contribution in [3.05, 3.63) is 0 Å². The summed E-state index contributed by atoms with van der Waals surface area (Å²) in [6.45, 7) is 14.2. The van der Waals surface area contributed by atoms with Gasteiger partial charge < -0.3 is 33.8 Å². The third-order valence-corrected chi connectivity index (χ3v) is 20.1. The first-order chi connectivity index (χ1) is 46.1. The van der Waals surface area contributed by atoms with Gasteiger partial charge in [0.15, 0.2) is 12.2 Å². The average Bonchev–Trinajstić information content (AvgIpc) is 1.17. The Balaban J connectivity index is 5.18. The fourth-order valence-corrected chi connectivity index (χ4v) is 13.3. The first-order valence-corrected chi connectivity index (χ1v) is 42.7. The van der Waals surface area contributed by atoms with E-state index in [1.54, 1.807) is 0 Å². The molecule has 4 unspecified atom stereocenters. The van der Waals surface area contributed by atoms with Gasteiger partial charge in [0.1, 0.15) is 19.3 Å². The van der Waals surface area contributed by atoms with Gasteiger partial charge in [-0.2, -0.15) is 0 Å². The van der Waals surface area contributed by atoms with Gasteiger partial charge in [-0.3, -0.25) is 37.3 Å². The first-order valence-electron chi connectivity index (χ1n) is 39.7. The Kier molecular flexibility index (Phi) is 65.0. The van der Waals surface area contributed by atoms with E-state index in [2.05, 4.69) is 55.4 Å². The van der Waals surface area contributed by atoms with E-state index in [1.807, 2.05) is 0 Å². The van der Waals surface area contributed by atoms with Gasteiger partial charge in [0, 0.05) is 25.7 Å². The summed E-state index contributed by atoms with van der Waals surface area (Å²) in [5.41, 5.74) is 0. The smallest absolute Gasteiger partial charge is 0.462 e. The molecule has 0 heterocycles. The minimum Gasteiger partial charge on any atom is -0.462 e. The number of aliphatic hydroxyl groups is 1. The fourth-order valence-electron chi connectivity index (χ4n) is 11.7. The molecular formula is C77H150O17P2. The maximum atomic E-state index is 13.1. The molecule has 0 aliphatic heterocycles. The zero-order valence-electron chi connectivity index (χ0n) is 63.0. The number of hydrogen-bond donors (Lipinski definition) is 3. The number of carbonyl (C=O) groups excluding carboxylic acids is 4. The number of esters is 4. The second kappa shape index (κ2) is 66.3. The molecule has 0 saturated heterocycles. The van der Waals surface area contributed by atoms with Gasteiger partial charge in [-0.25, -0.2) is 9.13 Å². The summed E-state index contributed by atoms with van der Waals surface area (Å²) >= 11 is 0. The molecule has 0 spiro atoms. The maximum absolute atomic E-state index is 13.1. The molecule has 0 saturated carbocycles. The van der Waals surface area contributed by atoms with Crippen molar-refractivity contribution in [2.45, 2.75) is 408 Å². The third-order valence-electron chi connectivity index (χ3n) is 18.2. The van der Waals surface area contributed by atoms with Gasteiger partial charge in [-0.15, -0.1) is 0 Å². The Morgan fingerprint density at radius 1 is 0.292 bits per heavy atom. The van der Waals surface area contributed by atoms with Crippen LogP contribution < -0.4 is 0 Å². The number of unbranched alkanes of at least 4 members (excludes halogenated alkanes) is 39. The summed E-state index contributed by atoms with van der Waals surface area (Å²) in [4.78, 5) is 72.8. The van der Waals surface area contributed by atoms with E-state index in [9.17, 15) is 43.2 Å². The predicted octanol–water partition coefficient (Wildman–Crippen LogP) is 22.4. The molecule has 0 fully saturated rings. The van der Waals surface area contributed by atoms with Gasteiger partial charge in [0.25, 0.3) is 0 Å². The average molecular weight is 1410 g/mol. The second-order valence-corrected chi connectivity index (χ2v) is 32.3. The van der Waals surface area contributed by atoms with Crippen molar-refractivity contribution in [3.8, 4) is 0 Å². The summed E-state index contributed by atoms with van der Waals surface area (Å²) in [7, 11) is -9.91. The molecule has 0 rings (SSSR count). The highest BCUT2D eigenvalue weighted by atomic mass is 31.2. The van der Waals surface area contributed by atoms with Crippen LogP contribution >= 0.6 is 15.6 Å². The number of aliphatic hydroxyl groups excluding tert-OH is 1. The number of rotatable bonds is 74. The van der Waals surface area contributed by atoms with Gasteiger partial charge in [0.2, 0.25) is 0 Å². The van der Waals surface area contributed by atoms with Gasteiger partial charge in [-0.1, -0.05) is 338 Å². The minimum atomic E-state index is -4.96. The largest absolute Gasteiger partial charge is 0.472 e. The van der Waals surface area contributed by atoms with E-state index in [4.69, 9.17) is 37.0 Å². The summed E-state index contributed by atoms with van der Waals surface area (Å²) in [5, 5.41) is 10.6. The van der Waals surface area contributed by atoms with Crippen molar-refractivity contribution in [2.75, 3.05) is 39.6 Å². The van der Waals surface area contributed by atoms with Crippen LogP contribution in [-0.4, -0.2) is 96.7 Å². The normalized spacial score (nSPS) is 14.4. The van der Waals surface area contributed by atoms with Crippen LogP contribution in [0.2, 0.25) is 0 Å².